The molecule has 1 aliphatic carbocycles. The first kappa shape index (κ1) is 16.5. The SMILES string of the molecule is CCCNC(CCN(C)CC1CC1C)c1ccc(C)cc1. The lowest BCUT2D eigenvalue weighted by Gasteiger charge is -2.23. The van der Waals surface area contributed by atoms with Crippen LogP contribution in [0, 0.1) is 18.8 Å². The molecule has 21 heavy (non-hydrogen) atoms. The Morgan fingerprint density at radius 2 is 1.95 bits per heavy atom. The second kappa shape index (κ2) is 7.95. The van der Waals surface area contributed by atoms with Crippen molar-refractivity contribution in [2.45, 2.75) is 46.1 Å². The first-order valence-electron chi connectivity index (χ1n) is 8.58. The second-order valence-electron chi connectivity index (χ2n) is 6.94. The van der Waals surface area contributed by atoms with Crippen molar-refractivity contribution in [1.29, 1.82) is 0 Å². The standard InChI is InChI=1S/C19H32N2/c1-5-11-20-19(17-8-6-15(2)7-9-17)10-12-21(4)14-18-13-16(18)3/h6-9,16,18-20H,5,10-14H2,1-4H3. The van der Waals surface area contributed by atoms with Crippen molar-refractivity contribution < 1.29 is 0 Å². The Morgan fingerprint density at radius 3 is 2.52 bits per heavy atom. The lowest BCUT2D eigenvalue weighted by atomic mass is 10.0. The minimum atomic E-state index is 0.490. The van der Waals surface area contributed by atoms with Crippen LogP contribution < -0.4 is 5.32 Å². The van der Waals surface area contributed by atoms with Gasteiger partial charge in [-0.2, -0.15) is 0 Å². The van der Waals surface area contributed by atoms with Gasteiger partial charge in [-0.25, -0.2) is 0 Å². The summed E-state index contributed by atoms with van der Waals surface area (Å²) in [6.07, 6.45) is 3.82. The minimum absolute atomic E-state index is 0.490. The third kappa shape index (κ3) is 5.44. The van der Waals surface area contributed by atoms with Crippen molar-refractivity contribution in [2.75, 3.05) is 26.7 Å². The molecule has 0 spiro atoms. The summed E-state index contributed by atoms with van der Waals surface area (Å²) in [5, 5.41) is 3.71. The highest BCUT2D eigenvalue weighted by atomic mass is 15.1. The molecule has 1 aromatic rings. The molecular weight excluding hydrogens is 256 g/mol. The molecule has 1 aromatic carbocycles. The summed E-state index contributed by atoms with van der Waals surface area (Å²) in [5.41, 5.74) is 2.77. The van der Waals surface area contributed by atoms with Gasteiger partial charge in [0, 0.05) is 12.6 Å². The van der Waals surface area contributed by atoms with Crippen LogP contribution in [0.1, 0.15) is 50.3 Å². The fourth-order valence-electron chi connectivity index (χ4n) is 3.00. The van der Waals surface area contributed by atoms with Gasteiger partial charge < -0.3 is 10.2 Å². The lowest BCUT2D eigenvalue weighted by Crippen LogP contribution is -2.29. The largest absolute Gasteiger partial charge is 0.310 e. The van der Waals surface area contributed by atoms with Gasteiger partial charge in [0.05, 0.1) is 0 Å². The molecule has 0 amide bonds. The van der Waals surface area contributed by atoms with Crippen LogP contribution in [0.5, 0.6) is 0 Å². The van der Waals surface area contributed by atoms with Crippen molar-refractivity contribution >= 4 is 0 Å². The van der Waals surface area contributed by atoms with Crippen LogP contribution in [0.4, 0.5) is 0 Å². The number of hydrogen-bond acceptors (Lipinski definition) is 2. The smallest absolute Gasteiger partial charge is 0.0332 e. The number of rotatable bonds is 9. The molecule has 0 aromatic heterocycles. The summed E-state index contributed by atoms with van der Waals surface area (Å²) < 4.78 is 0. The number of nitrogens with zero attached hydrogens (tertiary/aromatic N) is 1. The zero-order valence-electron chi connectivity index (χ0n) is 14.2. The maximum atomic E-state index is 3.71. The average molecular weight is 288 g/mol. The quantitative estimate of drug-likeness (QED) is 0.738. The summed E-state index contributed by atoms with van der Waals surface area (Å²) in [5.74, 6) is 1.91. The predicted octanol–water partition coefficient (Wildman–Crippen LogP) is 4.01. The molecule has 2 rings (SSSR count). The van der Waals surface area contributed by atoms with Gasteiger partial charge in [-0.05, 0) is 63.7 Å². The van der Waals surface area contributed by atoms with E-state index in [1.807, 2.05) is 0 Å². The van der Waals surface area contributed by atoms with Crippen LogP contribution in [-0.4, -0.2) is 31.6 Å². The van der Waals surface area contributed by atoms with E-state index in [1.165, 1.54) is 43.5 Å². The molecule has 3 unspecified atom stereocenters. The Morgan fingerprint density at radius 1 is 1.29 bits per heavy atom. The van der Waals surface area contributed by atoms with Crippen LogP contribution in [0.25, 0.3) is 0 Å². The monoisotopic (exact) mass is 288 g/mol. The van der Waals surface area contributed by atoms with Crippen LogP contribution in [-0.2, 0) is 0 Å². The Bertz CT molecular complexity index is 412. The van der Waals surface area contributed by atoms with Gasteiger partial charge in [-0.1, -0.05) is 43.7 Å². The molecular formula is C19H32N2. The van der Waals surface area contributed by atoms with Gasteiger partial charge in [-0.3, -0.25) is 0 Å². The average Bonchev–Trinajstić information content (AvgIpc) is 3.15. The van der Waals surface area contributed by atoms with Crippen molar-refractivity contribution in [2.24, 2.45) is 11.8 Å². The van der Waals surface area contributed by atoms with Crippen LogP contribution >= 0.6 is 0 Å². The maximum absolute atomic E-state index is 3.71. The Balaban J connectivity index is 1.85. The molecule has 1 saturated carbocycles. The van der Waals surface area contributed by atoms with Gasteiger partial charge in [0.25, 0.3) is 0 Å². The highest BCUT2D eigenvalue weighted by Gasteiger charge is 2.33. The molecule has 2 heteroatoms. The summed E-state index contributed by atoms with van der Waals surface area (Å²) in [6.45, 7) is 10.3. The highest BCUT2D eigenvalue weighted by molar-refractivity contribution is 5.24. The summed E-state index contributed by atoms with van der Waals surface area (Å²) in [4.78, 5) is 2.52. The minimum Gasteiger partial charge on any atom is -0.310 e. The molecule has 0 heterocycles. The van der Waals surface area contributed by atoms with E-state index in [-0.39, 0.29) is 0 Å². The molecule has 2 nitrogen and oxygen atoms in total. The molecule has 0 saturated heterocycles. The van der Waals surface area contributed by atoms with E-state index in [9.17, 15) is 0 Å². The third-order valence-corrected chi connectivity index (χ3v) is 4.74. The van der Waals surface area contributed by atoms with E-state index in [1.54, 1.807) is 0 Å². The zero-order chi connectivity index (χ0) is 15.2. The molecule has 0 bridgehead atoms. The fourth-order valence-corrected chi connectivity index (χ4v) is 3.00. The zero-order valence-corrected chi connectivity index (χ0v) is 14.2. The van der Waals surface area contributed by atoms with E-state index in [0.717, 1.165) is 18.4 Å². The highest BCUT2D eigenvalue weighted by Crippen LogP contribution is 2.38. The van der Waals surface area contributed by atoms with Gasteiger partial charge >= 0.3 is 0 Å². The van der Waals surface area contributed by atoms with Crippen molar-refractivity contribution in [1.82, 2.24) is 10.2 Å². The van der Waals surface area contributed by atoms with E-state index in [4.69, 9.17) is 0 Å². The number of hydrogen-bond donors (Lipinski definition) is 1. The van der Waals surface area contributed by atoms with Gasteiger partial charge in [0.15, 0.2) is 0 Å². The van der Waals surface area contributed by atoms with Gasteiger partial charge in [0.2, 0.25) is 0 Å². The molecule has 0 aliphatic heterocycles. The number of benzene rings is 1. The van der Waals surface area contributed by atoms with Crippen LogP contribution in [0.2, 0.25) is 0 Å². The molecule has 3 atom stereocenters. The Hall–Kier alpha value is -0.860. The van der Waals surface area contributed by atoms with Crippen LogP contribution in [0.15, 0.2) is 24.3 Å². The molecule has 1 fully saturated rings. The van der Waals surface area contributed by atoms with E-state index >= 15 is 0 Å². The maximum Gasteiger partial charge on any atom is 0.0332 e. The van der Waals surface area contributed by atoms with Crippen molar-refractivity contribution in [3.05, 3.63) is 35.4 Å². The summed E-state index contributed by atoms with van der Waals surface area (Å²) in [6, 6.07) is 9.51. The van der Waals surface area contributed by atoms with Crippen LogP contribution in [0.3, 0.4) is 0 Å². The van der Waals surface area contributed by atoms with Gasteiger partial charge in [-0.15, -0.1) is 0 Å². The van der Waals surface area contributed by atoms with E-state index in [2.05, 4.69) is 62.3 Å². The normalized spacial score (nSPS) is 22.5. The molecule has 0 radical (unpaired) electrons. The molecule has 118 valence electrons. The number of aryl methyl sites for hydroxylation is 1. The Kier molecular flexibility index (Phi) is 6.25. The molecule has 1 N–H and O–H groups in total. The summed E-state index contributed by atoms with van der Waals surface area (Å²) >= 11 is 0. The third-order valence-electron chi connectivity index (χ3n) is 4.74. The predicted molar refractivity (Wildman–Crippen MR) is 91.6 cm³/mol. The molecule has 1 aliphatic rings. The summed E-state index contributed by atoms with van der Waals surface area (Å²) in [7, 11) is 2.27. The fraction of sp³-hybridized carbons (Fsp3) is 0.684. The first-order valence-corrected chi connectivity index (χ1v) is 8.58. The lowest BCUT2D eigenvalue weighted by molar-refractivity contribution is 0.292. The van der Waals surface area contributed by atoms with E-state index < -0.39 is 0 Å². The van der Waals surface area contributed by atoms with E-state index in [0.29, 0.717) is 6.04 Å². The Labute approximate surface area is 130 Å². The van der Waals surface area contributed by atoms with Gasteiger partial charge in [0.1, 0.15) is 0 Å². The van der Waals surface area contributed by atoms with Crippen molar-refractivity contribution in [3.63, 3.8) is 0 Å². The van der Waals surface area contributed by atoms with Crippen molar-refractivity contribution in [3.8, 4) is 0 Å². The first-order chi connectivity index (χ1) is 10.1. The number of nitrogens with one attached hydrogen (secondary N) is 1. The topological polar surface area (TPSA) is 15.3 Å². The second-order valence-corrected chi connectivity index (χ2v) is 6.94.